The van der Waals surface area contributed by atoms with Crippen LogP contribution in [0.25, 0.3) is 0 Å². The van der Waals surface area contributed by atoms with Crippen LogP contribution in [0.4, 0.5) is 5.69 Å². The van der Waals surface area contributed by atoms with Crippen LogP contribution in [0.15, 0.2) is 76.0 Å². The molecule has 1 heterocycles. The SMILES string of the molecule is CC(=NNC(=O)CN(c1cc(C)ccc1C)S(=O)(=O)c1ccccc1)c1cccs1. The number of carbonyl (C=O) groups is 1. The highest BCUT2D eigenvalue weighted by atomic mass is 32.2. The van der Waals surface area contributed by atoms with Gasteiger partial charge in [0.2, 0.25) is 0 Å². The molecule has 3 rings (SSSR count). The lowest BCUT2D eigenvalue weighted by molar-refractivity contribution is -0.119. The maximum atomic E-state index is 13.4. The highest BCUT2D eigenvalue weighted by Gasteiger charge is 2.28. The van der Waals surface area contributed by atoms with Gasteiger partial charge in [-0.1, -0.05) is 36.4 Å². The van der Waals surface area contributed by atoms with Gasteiger partial charge in [0, 0.05) is 4.88 Å². The van der Waals surface area contributed by atoms with Crippen molar-refractivity contribution in [1.29, 1.82) is 0 Å². The highest BCUT2D eigenvalue weighted by Crippen LogP contribution is 2.27. The average molecular weight is 442 g/mol. The van der Waals surface area contributed by atoms with Crippen LogP contribution < -0.4 is 9.73 Å². The Kier molecular flexibility index (Phi) is 6.69. The molecule has 0 atom stereocenters. The molecule has 0 spiro atoms. The van der Waals surface area contributed by atoms with Gasteiger partial charge in [-0.25, -0.2) is 13.8 Å². The molecule has 1 N–H and O–H groups in total. The van der Waals surface area contributed by atoms with E-state index in [4.69, 9.17) is 0 Å². The van der Waals surface area contributed by atoms with Crippen molar-refractivity contribution >= 4 is 38.7 Å². The van der Waals surface area contributed by atoms with Crippen molar-refractivity contribution in [2.24, 2.45) is 5.10 Å². The predicted molar refractivity (Wildman–Crippen MR) is 122 cm³/mol. The van der Waals surface area contributed by atoms with Gasteiger partial charge in [-0.15, -0.1) is 11.3 Å². The predicted octanol–water partition coefficient (Wildman–Crippen LogP) is 4.10. The third-order valence-electron chi connectivity index (χ3n) is 4.48. The fourth-order valence-corrected chi connectivity index (χ4v) is 5.03. The van der Waals surface area contributed by atoms with E-state index < -0.39 is 15.9 Å². The average Bonchev–Trinajstić information content (AvgIpc) is 3.28. The minimum atomic E-state index is -3.94. The first kappa shape index (κ1) is 21.7. The molecular formula is C22H23N3O3S2. The van der Waals surface area contributed by atoms with E-state index in [0.717, 1.165) is 20.3 Å². The third kappa shape index (κ3) is 4.95. The standard InChI is InChI=1S/C22H23N3O3S2/c1-16-11-12-17(2)20(14-16)25(30(27,28)19-8-5-4-6-9-19)15-22(26)24-23-18(3)21-10-7-13-29-21/h4-14H,15H2,1-3H3,(H,24,26). The zero-order valence-electron chi connectivity index (χ0n) is 17.0. The van der Waals surface area contributed by atoms with Crippen LogP contribution in [0, 0.1) is 13.8 Å². The Balaban J connectivity index is 1.93. The molecule has 0 unspecified atom stereocenters. The van der Waals surface area contributed by atoms with Crippen molar-refractivity contribution in [2.45, 2.75) is 25.7 Å². The Morgan fingerprint density at radius 2 is 1.80 bits per heavy atom. The van der Waals surface area contributed by atoms with Gasteiger partial charge in [0.15, 0.2) is 0 Å². The van der Waals surface area contributed by atoms with E-state index in [1.807, 2.05) is 43.5 Å². The molecule has 3 aromatic rings. The molecule has 1 aromatic heterocycles. The number of nitrogens with one attached hydrogen (secondary N) is 1. The molecule has 0 radical (unpaired) electrons. The maximum absolute atomic E-state index is 13.4. The molecule has 156 valence electrons. The summed E-state index contributed by atoms with van der Waals surface area (Å²) in [7, 11) is -3.94. The Morgan fingerprint density at radius 1 is 1.07 bits per heavy atom. The van der Waals surface area contributed by atoms with Crippen LogP contribution in [0.3, 0.4) is 0 Å². The Morgan fingerprint density at radius 3 is 2.47 bits per heavy atom. The van der Waals surface area contributed by atoms with Gasteiger partial charge < -0.3 is 0 Å². The molecule has 0 saturated heterocycles. The van der Waals surface area contributed by atoms with Crippen LogP contribution >= 0.6 is 11.3 Å². The summed E-state index contributed by atoms with van der Waals surface area (Å²) in [4.78, 5) is 13.7. The summed E-state index contributed by atoms with van der Waals surface area (Å²) in [5, 5.41) is 6.04. The fourth-order valence-electron chi connectivity index (χ4n) is 2.86. The second-order valence-electron chi connectivity index (χ2n) is 6.82. The van der Waals surface area contributed by atoms with Crippen molar-refractivity contribution in [1.82, 2.24) is 5.43 Å². The van der Waals surface area contributed by atoms with E-state index in [9.17, 15) is 13.2 Å². The monoisotopic (exact) mass is 441 g/mol. The van der Waals surface area contributed by atoms with E-state index in [1.165, 1.54) is 23.5 Å². The third-order valence-corrected chi connectivity index (χ3v) is 7.23. The summed E-state index contributed by atoms with van der Waals surface area (Å²) in [5.41, 5.74) is 5.25. The number of benzene rings is 2. The molecular weight excluding hydrogens is 418 g/mol. The Labute approximate surface area is 180 Å². The van der Waals surface area contributed by atoms with Gasteiger partial charge in [0.25, 0.3) is 15.9 Å². The Bertz CT molecular complexity index is 1160. The lowest BCUT2D eigenvalue weighted by atomic mass is 10.1. The zero-order chi connectivity index (χ0) is 21.7. The molecule has 0 aliphatic rings. The molecule has 0 aliphatic carbocycles. The van der Waals surface area contributed by atoms with E-state index >= 15 is 0 Å². The van der Waals surface area contributed by atoms with Crippen LogP contribution in [0.5, 0.6) is 0 Å². The second kappa shape index (κ2) is 9.23. The largest absolute Gasteiger partial charge is 0.271 e. The molecule has 6 nitrogen and oxygen atoms in total. The number of hydrogen-bond acceptors (Lipinski definition) is 5. The van der Waals surface area contributed by atoms with Crippen LogP contribution in [0.1, 0.15) is 22.9 Å². The van der Waals surface area contributed by atoms with Crippen LogP contribution in [-0.4, -0.2) is 26.6 Å². The summed E-state index contributed by atoms with van der Waals surface area (Å²) >= 11 is 1.51. The molecule has 30 heavy (non-hydrogen) atoms. The summed E-state index contributed by atoms with van der Waals surface area (Å²) in [6, 6.07) is 17.4. The topological polar surface area (TPSA) is 78.8 Å². The van der Waals surface area contributed by atoms with E-state index in [1.54, 1.807) is 31.2 Å². The first-order chi connectivity index (χ1) is 14.3. The summed E-state index contributed by atoms with van der Waals surface area (Å²) in [6.07, 6.45) is 0. The van der Waals surface area contributed by atoms with Crippen LogP contribution in [-0.2, 0) is 14.8 Å². The van der Waals surface area contributed by atoms with Crippen molar-refractivity contribution in [3.05, 3.63) is 82.0 Å². The smallest absolute Gasteiger partial charge is 0.264 e. The Hall–Kier alpha value is -2.97. The molecule has 1 amide bonds. The zero-order valence-corrected chi connectivity index (χ0v) is 18.6. The summed E-state index contributed by atoms with van der Waals surface area (Å²) < 4.78 is 27.9. The highest BCUT2D eigenvalue weighted by molar-refractivity contribution is 7.92. The normalized spacial score (nSPS) is 11.9. The van der Waals surface area contributed by atoms with Crippen LogP contribution in [0.2, 0.25) is 0 Å². The first-order valence-corrected chi connectivity index (χ1v) is 11.6. The molecule has 0 aliphatic heterocycles. The molecule has 0 bridgehead atoms. The van der Waals surface area contributed by atoms with Crippen molar-refractivity contribution < 1.29 is 13.2 Å². The second-order valence-corrected chi connectivity index (χ2v) is 9.63. The van der Waals surface area contributed by atoms with E-state index in [0.29, 0.717) is 11.4 Å². The van der Waals surface area contributed by atoms with Crippen molar-refractivity contribution in [3.63, 3.8) is 0 Å². The summed E-state index contributed by atoms with van der Waals surface area (Å²) in [5.74, 6) is -0.522. The van der Waals surface area contributed by atoms with Crippen molar-refractivity contribution in [2.75, 3.05) is 10.8 Å². The van der Waals surface area contributed by atoms with Gasteiger partial charge in [-0.2, -0.15) is 5.10 Å². The number of amides is 1. The lowest BCUT2D eigenvalue weighted by Gasteiger charge is -2.25. The van der Waals surface area contributed by atoms with Gasteiger partial charge in [0.1, 0.15) is 6.54 Å². The first-order valence-electron chi connectivity index (χ1n) is 9.31. The quantitative estimate of drug-likeness (QED) is 0.443. The fraction of sp³-hybridized carbons (Fsp3) is 0.182. The number of rotatable bonds is 7. The van der Waals surface area contributed by atoms with Crippen molar-refractivity contribution in [3.8, 4) is 0 Å². The number of hydrogen-bond donors (Lipinski definition) is 1. The molecule has 0 fully saturated rings. The number of carbonyl (C=O) groups excluding carboxylic acids is 1. The number of hydrazone groups is 1. The van der Waals surface area contributed by atoms with Gasteiger partial charge in [-0.05, 0) is 61.5 Å². The van der Waals surface area contributed by atoms with E-state index in [2.05, 4.69) is 10.5 Å². The maximum Gasteiger partial charge on any atom is 0.264 e. The van der Waals surface area contributed by atoms with Gasteiger partial charge in [-0.3, -0.25) is 9.10 Å². The lowest BCUT2D eigenvalue weighted by Crippen LogP contribution is -2.40. The number of aryl methyl sites for hydroxylation is 2. The number of nitrogens with zero attached hydrogens (tertiary/aromatic N) is 2. The molecule has 2 aromatic carbocycles. The van der Waals surface area contributed by atoms with E-state index in [-0.39, 0.29) is 11.4 Å². The number of anilines is 1. The minimum absolute atomic E-state index is 0.122. The minimum Gasteiger partial charge on any atom is -0.271 e. The van der Waals surface area contributed by atoms with Gasteiger partial charge >= 0.3 is 0 Å². The number of sulfonamides is 1. The summed E-state index contributed by atoms with van der Waals surface area (Å²) in [6.45, 7) is 5.10. The number of thiophene rings is 1. The molecule has 0 saturated carbocycles. The van der Waals surface area contributed by atoms with Gasteiger partial charge in [0.05, 0.1) is 16.3 Å². The molecule has 8 heteroatoms.